The smallest absolute Gasteiger partial charge is 0.244 e. The minimum atomic E-state index is -0.142. The van der Waals surface area contributed by atoms with Crippen molar-refractivity contribution in [2.45, 2.75) is 38.3 Å². The van der Waals surface area contributed by atoms with Gasteiger partial charge in [-0.1, -0.05) is 24.3 Å². The van der Waals surface area contributed by atoms with Crippen molar-refractivity contribution in [3.05, 3.63) is 66.0 Å². The Morgan fingerprint density at radius 1 is 1.17 bits per heavy atom. The second kappa shape index (κ2) is 8.29. The summed E-state index contributed by atoms with van der Waals surface area (Å²) in [7, 11) is 0. The number of rotatable bonds is 6. The van der Waals surface area contributed by atoms with Gasteiger partial charge in [-0.15, -0.1) is 0 Å². The molecule has 0 unspecified atom stereocenters. The molecule has 1 aliphatic carbocycles. The summed E-state index contributed by atoms with van der Waals surface area (Å²) in [5.74, 6) is 0.731. The van der Waals surface area contributed by atoms with Crippen LogP contribution in [0.15, 0.2) is 54.7 Å². The molecule has 1 fully saturated rings. The Balaban J connectivity index is 1.56. The summed E-state index contributed by atoms with van der Waals surface area (Å²) in [5, 5.41) is 2.90. The number of nitrogens with one attached hydrogen (secondary N) is 1. The molecule has 0 bridgehead atoms. The molecular weight excluding hydrogens is 300 g/mol. The van der Waals surface area contributed by atoms with E-state index in [2.05, 4.69) is 10.3 Å². The monoisotopic (exact) mass is 322 g/mol. The van der Waals surface area contributed by atoms with Gasteiger partial charge in [0.1, 0.15) is 5.75 Å². The number of hydrogen-bond acceptors (Lipinski definition) is 3. The summed E-state index contributed by atoms with van der Waals surface area (Å²) >= 11 is 0. The van der Waals surface area contributed by atoms with Crippen molar-refractivity contribution in [2.24, 2.45) is 0 Å². The normalized spacial score (nSPS) is 14.8. The predicted molar refractivity (Wildman–Crippen MR) is 94.4 cm³/mol. The van der Waals surface area contributed by atoms with Crippen molar-refractivity contribution >= 4 is 12.0 Å². The molecule has 2 aromatic rings. The van der Waals surface area contributed by atoms with Gasteiger partial charge in [-0.3, -0.25) is 9.78 Å². The van der Waals surface area contributed by atoms with Crippen LogP contribution in [0.3, 0.4) is 0 Å². The number of hydrogen-bond donors (Lipinski definition) is 1. The van der Waals surface area contributed by atoms with Gasteiger partial charge in [0.2, 0.25) is 5.91 Å². The van der Waals surface area contributed by atoms with Crippen LogP contribution in [0.1, 0.15) is 36.9 Å². The zero-order chi connectivity index (χ0) is 16.6. The molecule has 0 radical (unpaired) electrons. The molecule has 0 spiro atoms. The average molecular weight is 322 g/mol. The summed E-state index contributed by atoms with van der Waals surface area (Å²) in [6, 6.07) is 13.5. The number of carbonyl (C=O) groups excluding carboxylic acids is 1. The molecule has 1 aliphatic rings. The van der Waals surface area contributed by atoms with Crippen LogP contribution in [0.25, 0.3) is 6.08 Å². The number of benzene rings is 1. The molecule has 1 heterocycles. The SMILES string of the molecule is O=C(/C=C/c1ccccn1)NCc1ccccc1OC1CCCC1. The standard InChI is InChI=1S/C20H22N2O2/c23-20(13-12-17-8-5-6-14-21-17)22-15-16-7-1-4-11-19(16)24-18-9-2-3-10-18/h1,4-8,11-14,18H,2-3,9-10,15H2,(H,22,23)/b13-12+. The topological polar surface area (TPSA) is 51.2 Å². The third kappa shape index (κ3) is 4.69. The van der Waals surface area contributed by atoms with Gasteiger partial charge in [0.25, 0.3) is 0 Å². The average Bonchev–Trinajstić information content (AvgIpc) is 3.13. The summed E-state index contributed by atoms with van der Waals surface area (Å²) < 4.78 is 6.09. The highest BCUT2D eigenvalue weighted by Gasteiger charge is 2.17. The molecule has 4 nitrogen and oxygen atoms in total. The summed E-state index contributed by atoms with van der Waals surface area (Å²) in [6.07, 6.45) is 9.93. The third-order valence-electron chi connectivity index (χ3n) is 4.11. The van der Waals surface area contributed by atoms with E-state index in [4.69, 9.17) is 4.74 Å². The number of carbonyl (C=O) groups is 1. The maximum absolute atomic E-state index is 12.0. The fourth-order valence-corrected chi connectivity index (χ4v) is 2.83. The molecule has 1 amide bonds. The fourth-order valence-electron chi connectivity index (χ4n) is 2.83. The molecule has 1 N–H and O–H groups in total. The predicted octanol–water partition coefficient (Wildman–Crippen LogP) is 3.73. The van der Waals surface area contributed by atoms with Gasteiger partial charge in [-0.2, -0.15) is 0 Å². The van der Waals surface area contributed by atoms with E-state index < -0.39 is 0 Å². The lowest BCUT2D eigenvalue weighted by Crippen LogP contribution is -2.21. The number of nitrogens with zero attached hydrogens (tertiary/aromatic N) is 1. The second-order valence-electron chi connectivity index (χ2n) is 5.94. The molecule has 4 heteroatoms. The Labute approximate surface area is 142 Å². The van der Waals surface area contributed by atoms with Crippen LogP contribution in [0.5, 0.6) is 5.75 Å². The van der Waals surface area contributed by atoms with Gasteiger partial charge in [0.15, 0.2) is 0 Å². The minimum Gasteiger partial charge on any atom is -0.490 e. The number of para-hydroxylation sites is 1. The van der Waals surface area contributed by atoms with Crippen molar-refractivity contribution < 1.29 is 9.53 Å². The van der Waals surface area contributed by atoms with Crippen molar-refractivity contribution in [3.8, 4) is 5.75 Å². The van der Waals surface area contributed by atoms with E-state index in [0.29, 0.717) is 12.6 Å². The lowest BCUT2D eigenvalue weighted by atomic mass is 10.2. The zero-order valence-electron chi connectivity index (χ0n) is 13.7. The molecule has 24 heavy (non-hydrogen) atoms. The van der Waals surface area contributed by atoms with E-state index in [9.17, 15) is 4.79 Å². The van der Waals surface area contributed by atoms with Crippen LogP contribution in [-0.2, 0) is 11.3 Å². The molecule has 0 saturated heterocycles. The Morgan fingerprint density at radius 3 is 2.75 bits per heavy atom. The van der Waals surface area contributed by atoms with Crippen LogP contribution in [-0.4, -0.2) is 17.0 Å². The molecular formula is C20H22N2O2. The van der Waals surface area contributed by atoms with Crippen LogP contribution < -0.4 is 10.1 Å². The lowest BCUT2D eigenvalue weighted by Gasteiger charge is -2.16. The number of pyridine rings is 1. The van der Waals surface area contributed by atoms with Crippen LogP contribution in [0.4, 0.5) is 0 Å². The first-order valence-corrected chi connectivity index (χ1v) is 8.43. The summed E-state index contributed by atoms with van der Waals surface area (Å²) in [4.78, 5) is 16.1. The highest BCUT2D eigenvalue weighted by atomic mass is 16.5. The molecule has 124 valence electrons. The highest BCUT2D eigenvalue weighted by molar-refractivity contribution is 5.91. The number of ether oxygens (including phenoxy) is 1. The van der Waals surface area contributed by atoms with Crippen molar-refractivity contribution in [1.82, 2.24) is 10.3 Å². The van der Waals surface area contributed by atoms with Gasteiger partial charge in [0.05, 0.1) is 11.8 Å². The Hall–Kier alpha value is -2.62. The molecule has 1 saturated carbocycles. The van der Waals surface area contributed by atoms with E-state index in [1.54, 1.807) is 12.3 Å². The Bertz CT molecular complexity index is 692. The Kier molecular flexibility index (Phi) is 5.61. The van der Waals surface area contributed by atoms with Crippen molar-refractivity contribution in [2.75, 3.05) is 0 Å². The Morgan fingerprint density at radius 2 is 1.96 bits per heavy atom. The summed E-state index contributed by atoms with van der Waals surface area (Å²) in [6.45, 7) is 0.453. The van der Waals surface area contributed by atoms with Crippen molar-refractivity contribution in [3.63, 3.8) is 0 Å². The first-order valence-electron chi connectivity index (χ1n) is 8.43. The van der Waals surface area contributed by atoms with Crippen LogP contribution in [0.2, 0.25) is 0 Å². The lowest BCUT2D eigenvalue weighted by molar-refractivity contribution is -0.116. The fraction of sp³-hybridized carbons (Fsp3) is 0.300. The highest BCUT2D eigenvalue weighted by Crippen LogP contribution is 2.26. The van der Waals surface area contributed by atoms with Crippen LogP contribution >= 0.6 is 0 Å². The summed E-state index contributed by atoms with van der Waals surface area (Å²) in [5.41, 5.74) is 1.77. The van der Waals surface area contributed by atoms with Gasteiger partial charge < -0.3 is 10.1 Å². The van der Waals surface area contributed by atoms with Crippen molar-refractivity contribution in [1.29, 1.82) is 0 Å². The quantitative estimate of drug-likeness (QED) is 0.824. The zero-order valence-corrected chi connectivity index (χ0v) is 13.7. The first kappa shape index (κ1) is 16.2. The van der Waals surface area contributed by atoms with E-state index in [1.165, 1.54) is 18.9 Å². The molecule has 3 rings (SSSR count). The second-order valence-corrected chi connectivity index (χ2v) is 5.94. The van der Waals surface area contributed by atoms with Gasteiger partial charge in [0, 0.05) is 24.4 Å². The maximum atomic E-state index is 12.0. The van der Waals surface area contributed by atoms with E-state index in [0.717, 1.165) is 29.8 Å². The van der Waals surface area contributed by atoms with Crippen LogP contribution in [0, 0.1) is 0 Å². The molecule has 1 aromatic carbocycles. The third-order valence-corrected chi connectivity index (χ3v) is 4.11. The van der Waals surface area contributed by atoms with Gasteiger partial charge >= 0.3 is 0 Å². The number of aromatic nitrogens is 1. The molecule has 0 aliphatic heterocycles. The van der Waals surface area contributed by atoms with Gasteiger partial charge in [-0.05, 0) is 50.0 Å². The largest absolute Gasteiger partial charge is 0.490 e. The van der Waals surface area contributed by atoms with E-state index in [1.807, 2.05) is 42.5 Å². The van der Waals surface area contributed by atoms with E-state index in [-0.39, 0.29) is 5.91 Å². The van der Waals surface area contributed by atoms with Gasteiger partial charge in [-0.25, -0.2) is 0 Å². The van der Waals surface area contributed by atoms with E-state index >= 15 is 0 Å². The molecule has 0 atom stereocenters. The minimum absolute atomic E-state index is 0.142. The number of amides is 1. The maximum Gasteiger partial charge on any atom is 0.244 e. The first-order chi connectivity index (χ1) is 11.8. The molecule has 1 aromatic heterocycles.